The van der Waals surface area contributed by atoms with Crippen molar-refractivity contribution in [1.82, 2.24) is 15.5 Å². The largest absolute Gasteiger partial charge is 0.338 e. The summed E-state index contributed by atoms with van der Waals surface area (Å²) >= 11 is 0. The number of benzene rings is 1. The maximum absolute atomic E-state index is 11.4. The lowest BCUT2D eigenvalue weighted by Crippen LogP contribution is -2.39. The normalized spacial score (nSPS) is 18.1. The molecule has 1 aromatic carbocycles. The summed E-state index contributed by atoms with van der Waals surface area (Å²) in [5.41, 5.74) is 1.38. The van der Waals surface area contributed by atoms with Gasteiger partial charge in [-0.3, -0.25) is 0 Å². The molecule has 1 aliphatic rings. The summed E-state index contributed by atoms with van der Waals surface area (Å²) in [7, 11) is 0. The van der Waals surface area contributed by atoms with Crippen molar-refractivity contribution in [2.24, 2.45) is 5.92 Å². The molecule has 1 fully saturated rings. The number of nitrogens with one attached hydrogen (secondary N) is 2. The molecule has 0 radical (unpaired) electrons. The molecule has 1 unspecified atom stereocenters. The number of rotatable bonds is 6. The zero-order chi connectivity index (χ0) is 14.9. The van der Waals surface area contributed by atoms with Gasteiger partial charge in [-0.05, 0) is 30.9 Å². The van der Waals surface area contributed by atoms with E-state index < -0.39 is 0 Å². The van der Waals surface area contributed by atoms with Gasteiger partial charge in [-0.2, -0.15) is 0 Å². The van der Waals surface area contributed by atoms with Gasteiger partial charge in [0.2, 0.25) is 0 Å². The van der Waals surface area contributed by atoms with Crippen LogP contribution in [0, 0.1) is 18.3 Å². The van der Waals surface area contributed by atoms with Gasteiger partial charge >= 0.3 is 6.03 Å². The fourth-order valence-corrected chi connectivity index (χ4v) is 2.65. The number of urea groups is 1. The molecular formula is C17H23N3O. The van der Waals surface area contributed by atoms with Crippen LogP contribution in [0.3, 0.4) is 0 Å². The van der Waals surface area contributed by atoms with Crippen LogP contribution in [0.1, 0.15) is 12.0 Å². The molecule has 0 bridgehead atoms. The number of hydrogen-bond acceptors (Lipinski definition) is 2. The lowest BCUT2D eigenvalue weighted by atomic mass is 10.1. The van der Waals surface area contributed by atoms with Crippen LogP contribution in [0.4, 0.5) is 4.79 Å². The minimum atomic E-state index is -0.171. The maximum atomic E-state index is 11.4. The first-order chi connectivity index (χ1) is 10.3. The Morgan fingerprint density at radius 3 is 2.90 bits per heavy atom. The highest BCUT2D eigenvalue weighted by Gasteiger charge is 2.22. The third kappa shape index (κ3) is 5.49. The van der Waals surface area contributed by atoms with Gasteiger partial charge in [-0.15, -0.1) is 6.42 Å². The van der Waals surface area contributed by atoms with Gasteiger partial charge in [0.15, 0.2) is 0 Å². The summed E-state index contributed by atoms with van der Waals surface area (Å²) in [4.78, 5) is 13.9. The van der Waals surface area contributed by atoms with Gasteiger partial charge in [0.1, 0.15) is 0 Å². The summed E-state index contributed by atoms with van der Waals surface area (Å²) in [6.07, 6.45) is 7.33. The Labute approximate surface area is 126 Å². The highest BCUT2D eigenvalue weighted by molar-refractivity contribution is 5.74. The topological polar surface area (TPSA) is 44.4 Å². The van der Waals surface area contributed by atoms with Crippen LogP contribution in [-0.4, -0.2) is 43.7 Å². The van der Waals surface area contributed by atoms with Gasteiger partial charge < -0.3 is 15.5 Å². The standard InChI is InChI=1S/C17H23N3O/c1-2-10-18-17(21)19-13-16-9-12-20(14-16)11-8-15-6-4-3-5-7-15/h1,3-7,16H,8-14H2,(H2,18,19,21). The van der Waals surface area contributed by atoms with Crippen molar-refractivity contribution in [1.29, 1.82) is 0 Å². The van der Waals surface area contributed by atoms with E-state index in [0.717, 1.165) is 39.0 Å². The fraction of sp³-hybridized carbons (Fsp3) is 0.471. The van der Waals surface area contributed by atoms with Crippen molar-refractivity contribution in [2.75, 3.05) is 32.7 Å². The number of terminal acetylenes is 1. The molecule has 4 heteroatoms. The quantitative estimate of drug-likeness (QED) is 0.778. The lowest BCUT2D eigenvalue weighted by molar-refractivity contribution is 0.239. The Morgan fingerprint density at radius 1 is 1.33 bits per heavy atom. The first kappa shape index (κ1) is 15.4. The van der Waals surface area contributed by atoms with E-state index in [2.05, 4.69) is 45.7 Å². The Kier molecular flexibility index (Phi) is 6.11. The van der Waals surface area contributed by atoms with E-state index in [1.165, 1.54) is 5.56 Å². The second-order valence-electron chi connectivity index (χ2n) is 5.46. The van der Waals surface area contributed by atoms with Gasteiger partial charge in [-0.25, -0.2) is 4.79 Å². The zero-order valence-corrected chi connectivity index (χ0v) is 12.3. The molecule has 2 N–H and O–H groups in total. The Balaban J connectivity index is 1.62. The van der Waals surface area contributed by atoms with Gasteiger partial charge in [0, 0.05) is 19.6 Å². The van der Waals surface area contributed by atoms with E-state index in [1.54, 1.807) is 0 Å². The molecule has 0 aromatic heterocycles. The SMILES string of the molecule is C#CCNC(=O)NCC1CCN(CCc2ccccc2)C1. The minimum absolute atomic E-state index is 0.171. The highest BCUT2D eigenvalue weighted by Crippen LogP contribution is 2.15. The van der Waals surface area contributed by atoms with E-state index in [0.29, 0.717) is 5.92 Å². The highest BCUT2D eigenvalue weighted by atomic mass is 16.2. The van der Waals surface area contributed by atoms with Crippen molar-refractivity contribution in [3.8, 4) is 12.3 Å². The van der Waals surface area contributed by atoms with Crippen molar-refractivity contribution in [3.05, 3.63) is 35.9 Å². The predicted octanol–water partition coefficient (Wildman–Crippen LogP) is 1.48. The van der Waals surface area contributed by atoms with Crippen molar-refractivity contribution >= 4 is 6.03 Å². The van der Waals surface area contributed by atoms with Crippen molar-refractivity contribution in [2.45, 2.75) is 12.8 Å². The van der Waals surface area contributed by atoms with E-state index in [9.17, 15) is 4.79 Å². The molecule has 1 heterocycles. The molecule has 4 nitrogen and oxygen atoms in total. The summed E-state index contributed by atoms with van der Waals surface area (Å²) < 4.78 is 0. The maximum Gasteiger partial charge on any atom is 0.315 e. The third-order valence-corrected chi connectivity index (χ3v) is 3.83. The van der Waals surface area contributed by atoms with Gasteiger partial charge in [0.05, 0.1) is 6.54 Å². The van der Waals surface area contributed by atoms with E-state index >= 15 is 0 Å². The number of amides is 2. The minimum Gasteiger partial charge on any atom is -0.338 e. The van der Waals surface area contributed by atoms with Crippen LogP contribution in [0.15, 0.2) is 30.3 Å². The monoisotopic (exact) mass is 285 g/mol. The number of hydrogen-bond donors (Lipinski definition) is 2. The van der Waals surface area contributed by atoms with Crippen LogP contribution in [0.25, 0.3) is 0 Å². The molecule has 0 aliphatic carbocycles. The number of likely N-dealkylation sites (tertiary alicyclic amines) is 1. The summed E-state index contributed by atoms with van der Waals surface area (Å²) in [5.74, 6) is 2.92. The Bertz CT molecular complexity index is 481. The first-order valence-electron chi connectivity index (χ1n) is 7.49. The molecule has 112 valence electrons. The predicted molar refractivity (Wildman–Crippen MR) is 84.9 cm³/mol. The summed E-state index contributed by atoms with van der Waals surface area (Å²) in [6, 6.07) is 10.4. The Morgan fingerprint density at radius 2 is 2.14 bits per heavy atom. The zero-order valence-electron chi connectivity index (χ0n) is 12.3. The van der Waals surface area contributed by atoms with Crippen LogP contribution < -0.4 is 10.6 Å². The van der Waals surface area contributed by atoms with Crippen LogP contribution in [0.2, 0.25) is 0 Å². The fourth-order valence-electron chi connectivity index (χ4n) is 2.65. The van der Waals surface area contributed by atoms with Crippen LogP contribution in [-0.2, 0) is 6.42 Å². The van der Waals surface area contributed by atoms with Crippen molar-refractivity contribution in [3.63, 3.8) is 0 Å². The number of nitrogens with zero attached hydrogens (tertiary/aromatic N) is 1. The molecule has 1 aliphatic heterocycles. The molecular weight excluding hydrogens is 262 g/mol. The van der Waals surface area contributed by atoms with E-state index in [4.69, 9.17) is 6.42 Å². The van der Waals surface area contributed by atoms with Gasteiger partial charge in [0.25, 0.3) is 0 Å². The van der Waals surface area contributed by atoms with E-state index in [1.807, 2.05) is 6.07 Å². The molecule has 1 atom stereocenters. The average molecular weight is 285 g/mol. The molecule has 0 saturated carbocycles. The smallest absolute Gasteiger partial charge is 0.315 e. The van der Waals surface area contributed by atoms with Crippen LogP contribution in [0.5, 0.6) is 0 Å². The average Bonchev–Trinajstić information content (AvgIpc) is 2.98. The summed E-state index contributed by atoms with van der Waals surface area (Å²) in [6.45, 7) is 4.26. The van der Waals surface area contributed by atoms with E-state index in [-0.39, 0.29) is 12.6 Å². The number of carbonyl (C=O) groups is 1. The molecule has 2 amide bonds. The second kappa shape index (κ2) is 8.33. The summed E-state index contributed by atoms with van der Waals surface area (Å²) in [5, 5.41) is 5.50. The molecule has 1 saturated heterocycles. The first-order valence-corrected chi connectivity index (χ1v) is 7.49. The Hall–Kier alpha value is -1.99. The van der Waals surface area contributed by atoms with Gasteiger partial charge in [-0.1, -0.05) is 36.3 Å². The lowest BCUT2D eigenvalue weighted by Gasteiger charge is -2.16. The third-order valence-electron chi connectivity index (χ3n) is 3.83. The number of carbonyl (C=O) groups excluding carboxylic acids is 1. The van der Waals surface area contributed by atoms with Crippen LogP contribution >= 0.6 is 0 Å². The second-order valence-corrected chi connectivity index (χ2v) is 5.46. The molecule has 2 rings (SSSR count). The molecule has 21 heavy (non-hydrogen) atoms. The molecule has 1 aromatic rings. The molecule has 0 spiro atoms. The van der Waals surface area contributed by atoms with Crippen molar-refractivity contribution < 1.29 is 4.79 Å².